The molecule has 0 aliphatic rings. The Morgan fingerprint density at radius 2 is 2.27 bits per heavy atom. The molecule has 0 radical (unpaired) electrons. The van der Waals surface area contributed by atoms with Crippen LogP contribution < -0.4 is 5.73 Å². The summed E-state index contributed by atoms with van der Waals surface area (Å²) in [6, 6.07) is 4.67. The van der Waals surface area contributed by atoms with Crippen LogP contribution in [0.1, 0.15) is 16.1 Å². The Morgan fingerprint density at radius 3 is 2.93 bits per heavy atom. The van der Waals surface area contributed by atoms with Crippen molar-refractivity contribution < 1.29 is 9.18 Å². The number of aromatic amines is 1. The minimum absolute atomic E-state index is 0.109. The molecule has 3 nitrogen and oxygen atoms in total. The largest absolute Gasteiger partial charge is 0.358 e. The molecular formula is C11H11FN2O. The Kier molecular flexibility index (Phi) is 2.28. The summed E-state index contributed by atoms with van der Waals surface area (Å²) in [5.41, 5.74) is 6.94. The second-order valence-electron chi connectivity index (χ2n) is 3.41. The maximum absolute atomic E-state index is 13.5. The monoisotopic (exact) mass is 206 g/mol. The van der Waals surface area contributed by atoms with Gasteiger partial charge < -0.3 is 10.7 Å². The third-order valence-electron chi connectivity index (χ3n) is 2.43. The number of aryl methyl sites for hydroxylation is 1. The standard InChI is InChI=1S/C11H11FN2O/c1-6-10(9(15)5-13)11-7(12)3-2-4-8(11)14-6/h2-4,14H,5,13H2,1H3. The van der Waals surface area contributed by atoms with E-state index in [-0.39, 0.29) is 12.3 Å². The van der Waals surface area contributed by atoms with Crippen LogP contribution in [-0.2, 0) is 0 Å². The molecule has 0 aliphatic heterocycles. The molecule has 1 heterocycles. The minimum atomic E-state index is -0.395. The zero-order valence-electron chi connectivity index (χ0n) is 8.30. The first-order chi connectivity index (χ1) is 7.15. The first-order valence-electron chi connectivity index (χ1n) is 4.65. The number of fused-ring (bicyclic) bond motifs is 1. The van der Waals surface area contributed by atoms with E-state index < -0.39 is 5.82 Å². The molecule has 15 heavy (non-hydrogen) atoms. The summed E-state index contributed by atoms with van der Waals surface area (Å²) < 4.78 is 13.5. The van der Waals surface area contributed by atoms with Crippen LogP contribution in [0.3, 0.4) is 0 Å². The van der Waals surface area contributed by atoms with Crippen molar-refractivity contribution in [1.29, 1.82) is 0 Å². The van der Waals surface area contributed by atoms with Gasteiger partial charge in [0, 0.05) is 16.6 Å². The van der Waals surface area contributed by atoms with Gasteiger partial charge in [0.15, 0.2) is 5.78 Å². The maximum atomic E-state index is 13.5. The average Bonchev–Trinajstić information content (AvgIpc) is 2.55. The van der Waals surface area contributed by atoms with Gasteiger partial charge in [-0.3, -0.25) is 4.79 Å². The van der Waals surface area contributed by atoms with Crippen LogP contribution >= 0.6 is 0 Å². The second-order valence-corrected chi connectivity index (χ2v) is 3.41. The number of nitrogens with two attached hydrogens (primary N) is 1. The molecule has 0 aliphatic carbocycles. The molecule has 1 aromatic heterocycles. The highest BCUT2D eigenvalue weighted by Crippen LogP contribution is 2.24. The number of carbonyl (C=O) groups is 1. The fourth-order valence-corrected chi connectivity index (χ4v) is 1.79. The van der Waals surface area contributed by atoms with Crippen LogP contribution in [0.25, 0.3) is 10.9 Å². The summed E-state index contributed by atoms with van der Waals surface area (Å²) in [6.07, 6.45) is 0. The van der Waals surface area contributed by atoms with Gasteiger partial charge in [-0.1, -0.05) is 6.07 Å². The second kappa shape index (κ2) is 3.47. The van der Waals surface area contributed by atoms with Crippen LogP contribution in [0.5, 0.6) is 0 Å². The topological polar surface area (TPSA) is 58.9 Å². The third kappa shape index (κ3) is 1.43. The van der Waals surface area contributed by atoms with Gasteiger partial charge in [-0.25, -0.2) is 4.39 Å². The van der Waals surface area contributed by atoms with Crippen molar-refractivity contribution in [2.75, 3.05) is 6.54 Å². The predicted octanol–water partition coefficient (Wildman–Crippen LogP) is 1.76. The van der Waals surface area contributed by atoms with E-state index in [1.54, 1.807) is 19.1 Å². The Hall–Kier alpha value is -1.68. The van der Waals surface area contributed by atoms with Gasteiger partial charge in [0.2, 0.25) is 0 Å². The van der Waals surface area contributed by atoms with Crippen molar-refractivity contribution in [3.63, 3.8) is 0 Å². The lowest BCUT2D eigenvalue weighted by Crippen LogP contribution is -2.14. The van der Waals surface area contributed by atoms with Crippen LogP contribution in [0.2, 0.25) is 0 Å². The number of halogens is 1. The van der Waals surface area contributed by atoms with Crippen molar-refractivity contribution in [3.8, 4) is 0 Å². The summed E-state index contributed by atoms with van der Waals surface area (Å²) in [5, 5.41) is 0.338. The molecule has 0 saturated carbocycles. The van der Waals surface area contributed by atoms with E-state index in [0.717, 1.165) is 0 Å². The summed E-state index contributed by atoms with van der Waals surface area (Å²) >= 11 is 0. The summed E-state index contributed by atoms with van der Waals surface area (Å²) in [4.78, 5) is 14.5. The van der Waals surface area contributed by atoms with E-state index in [1.807, 2.05) is 0 Å². The van der Waals surface area contributed by atoms with Crippen LogP contribution in [-0.4, -0.2) is 17.3 Å². The molecule has 0 amide bonds. The Labute approximate surface area is 86.1 Å². The number of carbonyl (C=O) groups excluding carboxylic acids is 1. The molecule has 0 bridgehead atoms. The molecule has 0 atom stereocenters. The fraction of sp³-hybridized carbons (Fsp3) is 0.182. The lowest BCUT2D eigenvalue weighted by atomic mass is 10.1. The van der Waals surface area contributed by atoms with Gasteiger partial charge in [0.05, 0.1) is 12.1 Å². The quantitative estimate of drug-likeness (QED) is 0.735. The van der Waals surface area contributed by atoms with E-state index in [1.165, 1.54) is 6.07 Å². The van der Waals surface area contributed by atoms with Gasteiger partial charge >= 0.3 is 0 Å². The molecule has 2 aromatic rings. The molecule has 3 N–H and O–H groups in total. The number of hydrogen-bond donors (Lipinski definition) is 2. The smallest absolute Gasteiger partial charge is 0.178 e. The number of rotatable bonds is 2. The number of hydrogen-bond acceptors (Lipinski definition) is 2. The molecule has 0 unspecified atom stereocenters. The minimum Gasteiger partial charge on any atom is -0.358 e. The van der Waals surface area contributed by atoms with E-state index >= 15 is 0 Å². The number of ketones is 1. The van der Waals surface area contributed by atoms with E-state index in [4.69, 9.17) is 5.73 Å². The Bertz CT molecular complexity index is 531. The first-order valence-corrected chi connectivity index (χ1v) is 4.65. The van der Waals surface area contributed by atoms with Gasteiger partial charge in [-0.05, 0) is 19.1 Å². The number of Topliss-reactive ketones (excluding diaryl/α,β-unsaturated/α-hetero) is 1. The third-order valence-corrected chi connectivity index (χ3v) is 2.43. The molecule has 1 aromatic carbocycles. The Balaban J connectivity index is 2.82. The molecular weight excluding hydrogens is 195 g/mol. The van der Waals surface area contributed by atoms with Gasteiger partial charge in [-0.2, -0.15) is 0 Å². The SMILES string of the molecule is Cc1[nH]c2cccc(F)c2c1C(=O)CN. The number of benzene rings is 1. The molecule has 0 spiro atoms. The molecule has 78 valence electrons. The van der Waals surface area contributed by atoms with Gasteiger partial charge in [-0.15, -0.1) is 0 Å². The van der Waals surface area contributed by atoms with Gasteiger partial charge in [0.1, 0.15) is 5.82 Å². The normalized spacial score (nSPS) is 10.9. The van der Waals surface area contributed by atoms with Crippen molar-refractivity contribution in [3.05, 3.63) is 35.3 Å². The lowest BCUT2D eigenvalue weighted by Gasteiger charge is -1.98. The van der Waals surface area contributed by atoms with Crippen molar-refractivity contribution in [2.45, 2.75) is 6.92 Å². The van der Waals surface area contributed by atoms with Crippen LogP contribution in [0.4, 0.5) is 4.39 Å². The number of H-pyrrole nitrogens is 1. The lowest BCUT2D eigenvalue weighted by molar-refractivity contribution is 0.100. The molecule has 0 fully saturated rings. The van der Waals surface area contributed by atoms with E-state index in [9.17, 15) is 9.18 Å². The number of nitrogens with one attached hydrogen (secondary N) is 1. The van der Waals surface area contributed by atoms with Crippen molar-refractivity contribution in [1.82, 2.24) is 4.98 Å². The van der Waals surface area contributed by atoms with Crippen molar-refractivity contribution in [2.24, 2.45) is 5.73 Å². The summed E-state index contributed by atoms with van der Waals surface area (Å²) in [7, 11) is 0. The fourth-order valence-electron chi connectivity index (χ4n) is 1.79. The van der Waals surface area contributed by atoms with Crippen molar-refractivity contribution >= 4 is 16.7 Å². The molecule has 4 heteroatoms. The molecule has 2 rings (SSSR count). The van der Waals surface area contributed by atoms with Crippen LogP contribution in [0.15, 0.2) is 18.2 Å². The predicted molar refractivity (Wildman–Crippen MR) is 56.4 cm³/mol. The van der Waals surface area contributed by atoms with E-state index in [2.05, 4.69) is 4.98 Å². The zero-order chi connectivity index (χ0) is 11.0. The van der Waals surface area contributed by atoms with Gasteiger partial charge in [0.25, 0.3) is 0 Å². The highest BCUT2D eigenvalue weighted by atomic mass is 19.1. The Morgan fingerprint density at radius 1 is 1.53 bits per heavy atom. The van der Waals surface area contributed by atoms with E-state index in [0.29, 0.717) is 22.2 Å². The highest BCUT2D eigenvalue weighted by molar-refractivity contribution is 6.10. The molecule has 0 saturated heterocycles. The number of aromatic nitrogens is 1. The average molecular weight is 206 g/mol. The summed E-state index contributed by atoms with van der Waals surface area (Å²) in [6.45, 7) is 1.63. The first kappa shape index (κ1) is 9.86. The summed E-state index contributed by atoms with van der Waals surface area (Å²) in [5.74, 6) is -0.641. The zero-order valence-corrected chi connectivity index (χ0v) is 8.30. The highest BCUT2D eigenvalue weighted by Gasteiger charge is 2.17. The van der Waals surface area contributed by atoms with Crippen LogP contribution in [0, 0.1) is 12.7 Å². The maximum Gasteiger partial charge on any atom is 0.178 e.